The molecule has 2 aromatic rings. The lowest BCUT2D eigenvalue weighted by Gasteiger charge is -2.07. The first-order valence-corrected chi connectivity index (χ1v) is 6.54. The van der Waals surface area contributed by atoms with E-state index in [4.69, 9.17) is 23.2 Å². The minimum absolute atomic E-state index is 0.0897. The lowest BCUT2D eigenvalue weighted by atomic mass is 10.1. The van der Waals surface area contributed by atoms with Crippen LogP contribution in [0.15, 0.2) is 42.7 Å². The molecule has 0 aliphatic carbocycles. The lowest BCUT2D eigenvalue weighted by molar-refractivity contribution is -0.116. The average Bonchev–Trinajstić information content (AvgIpc) is 2.41. The van der Waals surface area contributed by atoms with Crippen LogP contribution in [0.4, 0.5) is 5.69 Å². The molecule has 0 radical (unpaired) electrons. The fourth-order valence-corrected chi connectivity index (χ4v) is 2.06. The Bertz CT molecular complexity index is 573. The summed E-state index contributed by atoms with van der Waals surface area (Å²) in [6.07, 6.45) is 4.48. The Morgan fingerprint density at radius 1 is 1.26 bits per heavy atom. The fraction of sp³-hybridized carbons (Fsp3) is 0.143. The van der Waals surface area contributed by atoms with E-state index in [0.29, 0.717) is 28.6 Å². The average molecular weight is 295 g/mol. The first-order valence-electron chi connectivity index (χ1n) is 5.79. The lowest BCUT2D eigenvalue weighted by Crippen LogP contribution is -2.12. The summed E-state index contributed by atoms with van der Waals surface area (Å²) in [6, 6.07) is 8.76. The van der Waals surface area contributed by atoms with Gasteiger partial charge in [0.1, 0.15) is 0 Å². The van der Waals surface area contributed by atoms with Crippen molar-refractivity contribution in [2.45, 2.75) is 12.8 Å². The number of nitrogens with zero attached hydrogens (tertiary/aromatic N) is 1. The van der Waals surface area contributed by atoms with Gasteiger partial charge in [0, 0.05) is 23.8 Å². The number of amides is 1. The Labute approximate surface area is 121 Å². The largest absolute Gasteiger partial charge is 0.325 e. The Morgan fingerprint density at radius 3 is 2.79 bits per heavy atom. The Balaban J connectivity index is 1.91. The van der Waals surface area contributed by atoms with Crippen LogP contribution in [-0.2, 0) is 11.2 Å². The van der Waals surface area contributed by atoms with Gasteiger partial charge in [-0.3, -0.25) is 9.78 Å². The van der Waals surface area contributed by atoms with Crippen molar-refractivity contribution in [2.24, 2.45) is 0 Å². The van der Waals surface area contributed by atoms with Crippen LogP contribution in [0, 0.1) is 0 Å². The number of aromatic nitrogens is 1. The minimum atomic E-state index is -0.0897. The number of carbonyl (C=O) groups excluding carboxylic acids is 1. The molecule has 2 rings (SSSR count). The van der Waals surface area contributed by atoms with E-state index >= 15 is 0 Å². The van der Waals surface area contributed by atoms with Gasteiger partial charge >= 0.3 is 0 Å². The van der Waals surface area contributed by atoms with E-state index in [2.05, 4.69) is 10.3 Å². The molecule has 0 aliphatic rings. The van der Waals surface area contributed by atoms with Crippen molar-refractivity contribution in [1.82, 2.24) is 4.98 Å². The van der Waals surface area contributed by atoms with Gasteiger partial charge in [-0.05, 0) is 36.2 Å². The van der Waals surface area contributed by atoms with Gasteiger partial charge in [0.25, 0.3) is 0 Å². The molecule has 0 aliphatic heterocycles. The topological polar surface area (TPSA) is 42.0 Å². The monoisotopic (exact) mass is 294 g/mol. The smallest absolute Gasteiger partial charge is 0.224 e. The van der Waals surface area contributed by atoms with Gasteiger partial charge in [-0.1, -0.05) is 29.3 Å². The van der Waals surface area contributed by atoms with E-state index in [0.717, 1.165) is 5.56 Å². The van der Waals surface area contributed by atoms with Crippen LogP contribution in [0.3, 0.4) is 0 Å². The number of carbonyl (C=O) groups is 1. The van der Waals surface area contributed by atoms with Gasteiger partial charge in [0.15, 0.2) is 0 Å². The maximum atomic E-state index is 11.8. The molecule has 1 heterocycles. The van der Waals surface area contributed by atoms with E-state index in [1.54, 1.807) is 30.6 Å². The molecule has 98 valence electrons. The van der Waals surface area contributed by atoms with E-state index in [9.17, 15) is 4.79 Å². The fourth-order valence-electron chi connectivity index (χ4n) is 1.61. The number of benzene rings is 1. The van der Waals surface area contributed by atoms with Gasteiger partial charge < -0.3 is 5.32 Å². The van der Waals surface area contributed by atoms with Crippen LogP contribution >= 0.6 is 23.2 Å². The zero-order valence-electron chi connectivity index (χ0n) is 10.1. The van der Waals surface area contributed by atoms with Crippen molar-refractivity contribution in [3.05, 3.63) is 58.3 Å². The number of aryl methyl sites for hydroxylation is 1. The van der Waals surface area contributed by atoms with Gasteiger partial charge in [-0.25, -0.2) is 0 Å². The van der Waals surface area contributed by atoms with Crippen LogP contribution in [0.25, 0.3) is 0 Å². The number of hydrogen-bond donors (Lipinski definition) is 1. The van der Waals surface area contributed by atoms with Gasteiger partial charge in [-0.15, -0.1) is 0 Å². The van der Waals surface area contributed by atoms with E-state index in [-0.39, 0.29) is 5.91 Å². The van der Waals surface area contributed by atoms with Crippen LogP contribution in [0.5, 0.6) is 0 Å². The third-order valence-electron chi connectivity index (χ3n) is 2.57. The molecule has 1 N–H and O–H groups in total. The quantitative estimate of drug-likeness (QED) is 0.927. The second-order valence-corrected chi connectivity index (χ2v) is 4.88. The number of anilines is 1. The summed E-state index contributed by atoms with van der Waals surface area (Å²) >= 11 is 11.8. The summed E-state index contributed by atoms with van der Waals surface area (Å²) in [5.74, 6) is -0.0897. The zero-order chi connectivity index (χ0) is 13.7. The zero-order valence-corrected chi connectivity index (χ0v) is 11.6. The van der Waals surface area contributed by atoms with Crippen molar-refractivity contribution in [3.63, 3.8) is 0 Å². The molecule has 5 heteroatoms. The van der Waals surface area contributed by atoms with E-state index in [1.165, 1.54) is 0 Å². The molecule has 0 saturated carbocycles. The molecule has 3 nitrogen and oxygen atoms in total. The van der Waals surface area contributed by atoms with Crippen LogP contribution in [-0.4, -0.2) is 10.9 Å². The summed E-state index contributed by atoms with van der Waals surface area (Å²) in [5, 5.41) is 3.73. The third kappa shape index (κ3) is 4.23. The van der Waals surface area contributed by atoms with Crippen LogP contribution in [0.1, 0.15) is 12.0 Å². The molecule has 0 bridgehead atoms. The standard InChI is InChI=1S/C14H12Cl2N2O/c15-11-4-5-13(12(16)8-11)18-14(19)6-3-10-2-1-7-17-9-10/h1-2,4-5,7-9H,3,6H2,(H,18,19). The number of hydrogen-bond acceptors (Lipinski definition) is 2. The SMILES string of the molecule is O=C(CCc1cccnc1)Nc1ccc(Cl)cc1Cl. The van der Waals surface area contributed by atoms with Gasteiger partial charge in [-0.2, -0.15) is 0 Å². The molecular weight excluding hydrogens is 283 g/mol. The minimum Gasteiger partial charge on any atom is -0.325 e. The highest BCUT2D eigenvalue weighted by atomic mass is 35.5. The highest BCUT2D eigenvalue weighted by Gasteiger charge is 2.06. The van der Waals surface area contributed by atoms with Crippen molar-refractivity contribution in [2.75, 3.05) is 5.32 Å². The summed E-state index contributed by atoms with van der Waals surface area (Å²) in [6.45, 7) is 0. The summed E-state index contributed by atoms with van der Waals surface area (Å²) < 4.78 is 0. The second-order valence-electron chi connectivity index (χ2n) is 4.03. The molecule has 0 atom stereocenters. The molecule has 0 unspecified atom stereocenters. The highest BCUT2D eigenvalue weighted by Crippen LogP contribution is 2.25. The molecule has 0 spiro atoms. The third-order valence-corrected chi connectivity index (χ3v) is 3.12. The van der Waals surface area contributed by atoms with Gasteiger partial charge in [0.05, 0.1) is 10.7 Å². The van der Waals surface area contributed by atoms with Crippen LogP contribution < -0.4 is 5.32 Å². The van der Waals surface area contributed by atoms with Crippen molar-refractivity contribution >= 4 is 34.8 Å². The van der Waals surface area contributed by atoms with Gasteiger partial charge in [0.2, 0.25) is 5.91 Å². The summed E-state index contributed by atoms with van der Waals surface area (Å²) in [4.78, 5) is 15.8. The predicted octanol–water partition coefficient (Wildman–Crippen LogP) is 3.96. The van der Waals surface area contributed by atoms with E-state index in [1.807, 2.05) is 12.1 Å². The molecular formula is C14H12Cl2N2O. The summed E-state index contributed by atoms with van der Waals surface area (Å²) in [5.41, 5.74) is 1.60. The highest BCUT2D eigenvalue weighted by molar-refractivity contribution is 6.36. The predicted molar refractivity (Wildman–Crippen MR) is 77.6 cm³/mol. The molecule has 1 amide bonds. The number of rotatable bonds is 4. The molecule has 1 aromatic carbocycles. The Hall–Kier alpha value is -1.58. The van der Waals surface area contributed by atoms with Crippen molar-refractivity contribution in [3.8, 4) is 0 Å². The maximum Gasteiger partial charge on any atom is 0.224 e. The summed E-state index contributed by atoms with van der Waals surface area (Å²) in [7, 11) is 0. The maximum absolute atomic E-state index is 11.8. The Morgan fingerprint density at radius 2 is 2.11 bits per heavy atom. The first kappa shape index (κ1) is 13.8. The van der Waals surface area contributed by atoms with E-state index < -0.39 is 0 Å². The number of nitrogens with one attached hydrogen (secondary N) is 1. The molecule has 1 aromatic heterocycles. The second kappa shape index (κ2) is 6.55. The van der Waals surface area contributed by atoms with Crippen molar-refractivity contribution in [1.29, 1.82) is 0 Å². The number of pyridine rings is 1. The number of halogens is 2. The van der Waals surface area contributed by atoms with Crippen LogP contribution in [0.2, 0.25) is 10.0 Å². The Kier molecular flexibility index (Phi) is 4.77. The molecule has 0 fully saturated rings. The molecule has 0 saturated heterocycles. The molecule has 19 heavy (non-hydrogen) atoms. The normalized spacial score (nSPS) is 10.2. The van der Waals surface area contributed by atoms with Crippen molar-refractivity contribution < 1.29 is 4.79 Å². The first-order chi connectivity index (χ1) is 9.15.